The topological polar surface area (TPSA) is 74.8 Å². The summed E-state index contributed by atoms with van der Waals surface area (Å²) in [6, 6.07) is 6.22. The number of hydrogen-bond donors (Lipinski definition) is 2. The molecule has 3 aromatic rings. The molecule has 0 unspecified atom stereocenters. The predicted molar refractivity (Wildman–Crippen MR) is 89.8 cm³/mol. The molecule has 1 aliphatic rings. The fourth-order valence-electron chi connectivity index (χ4n) is 3.01. The largest absolute Gasteiger partial charge is 0.345 e. The molecule has 1 aliphatic carbocycles. The van der Waals surface area contributed by atoms with Gasteiger partial charge in [-0.2, -0.15) is 0 Å². The van der Waals surface area contributed by atoms with Crippen molar-refractivity contribution in [2.24, 2.45) is 0 Å². The Hall–Kier alpha value is -2.54. The van der Waals surface area contributed by atoms with Gasteiger partial charge in [0.15, 0.2) is 0 Å². The Bertz CT molecular complexity index is 1010. The molecule has 2 heterocycles. The zero-order valence-corrected chi connectivity index (χ0v) is 13.5. The Morgan fingerprint density at radius 1 is 1.33 bits per heavy atom. The highest BCUT2D eigenvalue weighted by atomic mass is 32.1. The summed E-state index contributed by atoms with van der Waals surface area (Å²) >= 11 is 1.48. The first-order chi connectivity index (χ1) is 11.6. The Morgan fingerprint density at radius 2 is 2.17 bits per heavy atom. The van der Waals surface area contributed by atoms with Gasteiger partial charge < -0.3 is 10.3 Å². The van der Waals surface area contributed by atoms with Crippen LogP contribution < -0.4 is 10.9 Å². The van der Waals surface area contributed by atoms with Gasteiger partial charge in [-0.3, -0.25) is 9.59 Å². The maximum atomic E-state index is 13.6. The molecule has 2 N–H and O–H groups in total. The second-order valence-corrected chi connectivity index (χ2v) is 6.81. The highest BCUT2D eigenvalue weighted by Gasteiger charge is 2.22. The van der Waals surface area contributed by atoms with Crippen molar-refractivity contribution in [2.45, 2.75) is 25.8 Å². The average Bonchev–Trinajstić information content (AvgIpc) is 3.14. The van der Waals surface area contributed by atoms with E-state index < -0.39 is 5.91 Å². The van der Waals surface area contributed by atoms with E-state index in [9.17, 15) is 14.0 Å². The molecule has 0 fully saturated rings. The lowest BCUT2D eigenvalue weighted by Gasteiger charge is -2.06. The molecule has 0 radical (unpaired) electrons. The number of H-pyrrole nitrogens is 1. The SMILES string of the molecule is O=C(NCc1ccccc1F)c1nc2sc3c(c2c(=O)[nH]1)CCC3. The first kappa shape index (κ1) is 15.0. The van der Waals surface area contributed by atoms with Gasteiger partial charge in [0.05, 0.1) is 5.39 Å². The van der Waals surface area contributed by atoms with Gasteiger partial charge in [-0.15, -0.1) is 11.3 Å². The number of rotatable bonds is 3. The van der Waals surface area contributed by atoms with Crippen LogP contribution in [0.3, 0.4) is 0 Å². The van der Waals surface area contributed by atoms with Gasteiger partial charge in [-0.1, -0.05) is 18.2 Å². The number of thiophene rings is 1. The number of aromatic amines is 1. The first-order valence-electron chi connectivity index (χ1n) is 7.69. The maximum absolute atomic E-state index is 13.6. The molecule has 2 aromatic heterocycles. The Labute approximate surface area is 140 Å². The number of benzene rings is 1. The van der Waals surface area contributed by atoms with Crippen LogP contribution in [-0.4, -0.2) is 15.9 Å². The Kier molecular flexibility index (Phi) is 3.65. The van der Waals surface area contributed by atoms with E-state index in [1.165, 1.54) is 22.3 Å². The van der Waals surface area contributed by atoms with Crippen LogP contribution in [0.5, 0.6) is 0 Å². The number of aryl methyl sites for hydroxylation is 2. The summed E-state index contributed by atoms with van der Waals surface area (Å²) in [4.78, 5) is 33.2. The van der Waals surface area contributed by atoms with E-state index in [0.29, 0.717) is 15.8 Å². The first-order valence-corrected chi connectivity index (χ1v) is 8.51. The summed E-state index contributed by atoms with van der Waals surface area (Å²) in [6.07, 6.45) is 2.91. The van der Waals surface area contributed by atoms with Gasteiger partial charge in [0, 0.05) is 17.0 Å². The third-order valence-corrected chi connectivity index (χ3v) is 5.37. The van der Waals surface area contributed by atoms with Crippen molar-refractivity contribution in [1.82, 2.24) is 15.3 Å². The molecule has 1 aromatic carbocycles. The number of halogens is 1. The third kappa shape index (κ3) is 2.50. The molecule has 0 bridgehead atoms. The van der Waals surface area contributed by atoms with Gasteiger partial charge in [-0.25, -0.2) is 9.37 Å². The van der Waals surface area contributed by atoms with Crippen LogP contribution in [0.4, 0.5) is 4.39 Å². The highest BCUT2D eigenvalue weighted by molar-refractivity contribution is 7.18. The normalized spacial score (nSPS) is 13.2. The smallest absolute Gasteiger partial charge is 0.287 e. The number of amides is 1. The van der Waals surface area contributed by atoms with Crippen molar-refractivity contribution in [3.63, 3.8) is 0 Å². The van der Waals surface area contributed by atoms with E-state index in [1.54, 1.807) is 18.2 Å². The van der Waals surface area contributed by atoms with Crippen molar-refractivity contribution in [3.05, 3.63) is 62.3 Å². The summed E-state index contributed by atoms with van der Waals surface area (Å²) in [7, 11) is 0. The van der Waals surface area contributed by atoms with E-state index >= 15 is 0 Å². The molecule has 1 amide bonds. The molecule has 0 aliphatic heterocycles. The number of nitrogens with one attached hydrogen (secondary N) is 2. The van der Waals surface area contributed by atoms with Gasteiger partial charge >= 0.3 is 0 Å². The maximum Gasteiger partial charge on any atom is 0.287 e. The zero-order valence-electron chi connectivity index (χ0n) is 12.7. The standard InChI is InChI=1S/C17H14FN3O2S/c18-11-6-2-1-4-9(11)8-19-16(23)14-20-15(22)13-10-5-3-7-12(10)24-17(13)21-14/h1-2,4,6H,3,5,7-8H2,(H,19,23)(H,20,21,22). The second-order valence-electron chi connectivity index (χ2n) is 5.73. The van der Waals surface area contributed by atoms with E-state index in [0.717, 1.165) is 24.8 Å². The zero-order chi connectivity index (χ0) is 16.7. The van der Waals surface area contributed by atoms with Crippen LogP contribution in [0.1, 0.15) is 33.0 Å². The average molecular weight is 343 g/mol. The van der Waals surface area contributed by atoms with E-state index in [1.807, 2.05) is 0 Å². The van der Waals surface area contributed by atoms with Crippen LogP contribution in [-0.2, 0) is 19.4 Å². The fraction of sp³-hybridized carbons (Fsp3) is 0.235. The lowest BCUT2D eigenvalue weighted by molar-refractivity contribution is 0.0940. The quantitative estimate of drug-likeness (QED) is 0.767. The van der Waals surface area contributed by atoms with E-state index in [4.69, 9.17) is 0 Å². The summed E-state index contributed by atoms with van der Waals surface area (Å²) in [6.45, 7) is 0.0359. The number of aromatic nitrogens is 2. The van der Waals surface area contributed by atoms with Crippen LogP contribution in [0.15, 0.2) is 29.1 Å². The number of carbonyl (C=O) groups excluding carboxylic acids is 1. The summed E-state index contributed by atoms with van der Waals surface area (Å²) in [5, 5.41) is 3.20. The monoisotopic (exact) mass is 343 g/mol. The van der Waals surface area contributed by atoms with Gasteiger partial charge in [0.1, 0.15) is 10.6 Å². The number of carbonyl (C=O) groups is 1. The molecule has 5 nitrogen and oxygen atoms in total. The van der Waals surface area contributed by atoms with Crippen molar-refractivity contribution >= 4 is 27.5 Å². The minimum atomic E-state index is -0.522. The van der Waals surface area contributed by atoms with Gasteiger partial charge in [-0.05, 0) is 30.9 Å². The minimum Gasteiger partial charge on any atom is -0.345 e. The molecule has 7 heteroatoms. The van der Waals surface area contributed by atoms with Crippen molar-refractivity contribution in [2.75, 3.05) is 0 Å². The van der Waals surface area contributed by atoms with E-state index in [2.05, 4.69) is 15.3 Å². The Balaban J connectivity index is 1.61. The van der Waals surface area contributed by atoms with Crippen LogP contribution >= 0.6 is 11.3 Å². The number of hydrogen-bond acceptors (Lipinski definition) is 4. The van der Waals surface area contributed by atoms with E-state index in [-0.39, 0.29) is 23.7 Å². The lowest BCUT2D eigenvalue weighted by Crippen LogP contribution is -2.27. The van der Waals surface area contributed by atoms with Gasteiger partial charge in [0.25, 0.3) is 11.5 Å². The van der Waals surface area contributed by atoms with Crippen molar-refractivity contribution in [3.8, 4) is 0 Å². The molecule has 0 saturated carbocycles. The molecular formula is C17H14FN3O2S. The molecular weight excluding hydrogens is 329 g/mol. The molecule has 0 saturated heterocycles. The molecule has 0 spiro atoms. The number of nitrogens with zero attached hydrogens (tertiary/aromatic N) is 1. The lowest BCUT2D eigenvalue weighted by atomic mass is 10.2. The highest BCUT2D eigenvalue weighted by Crippen LogP contribution is 2.34. The second kappa shape index (κ2) is 5.83. The van der Waals surface area contributed by atoms with Gasteiger partial charge in [0.2, 0.25) is 5.82 Å². The summed E-state index contributed by atoms with van der Waals surface area (Å²) < 4.78 is 13.6. The third-order valence-electron chi connectivity index (χ3n) is 4.19. The summed E-state index contributed by atoms with van der Waals surface area (Å²) in [5.74, 6) is -0.945. The molecule has 122 valence electrons. The minimum absolute atomic E-state index is 0.0359. The summed E-state index contributed by atoms with van der Waals surface area (Å²) in [5.41, 5.74) is 1.17. The molecule has 0 atom stereocenters. The predicted octanol–water partition coefficient (Wildman–Crippen LogP) is 2.54. The van der Waals surface area contributed by atoms with Crippen LogP contribution in [0.2, 0.25) is 0 Å². The van der Waals surface area contributed by atoms with Crippen LogP contribution in [0.25, 0.3) is 10.2 Å². The number of fused-ring (bicyclic) bond motifs is 3. The molecule has 24 heavy (non-hydrogen) atoms. The van der Waals surface area contributed by atoms with Crippen molar-refractivity contribution in [1.29, 1.82) is 0 Å². The van der Waals surface area contributed by atoms with Crippen molar-refractivity contribution < 1.29 is 9.18 Å². The Morgan fingerprint density at radius 3 is 3.00 bits per heavy atom. The molecule has 4 rings (SSSR count). The van der Waals surface area contributed by atoms with Crippen LogP contribution in [0, 0.1) is 5.82 Å². The fourth-order valence-corrected chi connectivity index (χ4v) is 4.27.